The van der Waals surface area contributed by atoms with E-state index in [0.717, 1.165) is 0 Å². The van der Waals surface area contributed by atoms with E-state index in [0.29, 0.717) is 0 Å². The lowest BCUT2D eigenvalue weighted by Crippen LogP contribution is -2.17. The number of carbonyl (C=O) groups is 2. The molecule has 0 saturated heterocycles. The van der Waals surface area contributed by atoms with E-state index >= 15 is 0 Å². The standard InChI is InChI=1S/C6H6O5/c1-9-6(8)11-5-3-2-4(7)10-5/h2-3,5H,1H3. The Morgan fingerprint density at radius 3 is 2.91 bits per heavy atom. The molecule has 0 N–H and O–H groups in total. The van der Waals surface area contributed by atoms with Gasteiger partial charge >= 0.3 is 12.1 Å². The number of methoxy groups -OCH3 is 1. The van der Waals surface area contributed by atoms with Crippen LogP contribution in [0.25, 0.3) is 0 Å². The molecule has 1 atom stereocenters. The minimum Gasteiger partial charge on any atom is -0.438 e. The van der Waals surface area contributed by atoms with Crippen molar-refractivity contribution in [3.8, 4) is 0 Å². The van der Waals surface area contributed by atoms with Gasteiger partial charge in [0.05, 0.1) is 7.11 Å². The van der Waals surface area contributed by atoms with Crippen molar-refractivity contribution in [3.05, 3.63) is 12.2 Å². The summed E-state index contributed by atoms with van der Waals surface area (Å²) in [4.78, 5) is 20.8. The van der Waals surface area contributed by atoms with Gasteiger partial charge in [-0.3, -0.25) is 0 Å². The van der Waals surface area contributed by atoms with Gasteiger partial charge in [-0.2, -0.15) is 0 Å². The highest BCUT2D eigenvalue weighted by atomic mass is 16.8. The zero-order valence-corrected chi connectivity index (χ0v) is 5.77. The molecule has 0 aromatic rings. The molecular formula is C6H6O5. The summed E-state index contributed by atoms with van der Waals surface area (Å²) in [5.41, 5.74) is 0. The van der Waals surface area contributed by atoms with Gasteiger partial charge in [0.15, 0.2) is 0 Å². The molecule has 0 amide bonds. The van der Waals surface area contributed by atoms with Crippen LogP contribution in [0, 0.1) is 0 Å². The van der Waals surface area contributed by atoms with Crippen molar-refractivity contribution in [3.63, 3.8) is 0 Å². The molecule has 60 valence electrons. The normalized spacial score (nSPS) is 21.2. The Kier molecular flexibility index (Phi) is 2.10. The molecule has 0 aromatic carbocycles. The van der Waals surface area contributed by atoms with E-state index in [1.807, 2.05) is 0 Å². The van der Waals surface area contributed by atoms with Gasteiger partial charge in [0.1, 0.15) is 0 Å². The Morgan fingerprint density at radius 2 is 2.45 bits per heavy atom. The fraction of sp³-hybridized carbons (Fsp3) is 0.333. The third-order valence-electron chi connectivity index (χ3n) is 1.00. The Bertz CT molecular complexity index is 207. The summed E-state index contributed by atoms with van der Waals surface area (Å²) in [6.45, 7) is 0. The van der Waals surface area contributed by atoms with Crippen LogP contribution in [0.2, 0.25) is 0 Å². The van der Waals surface area contributed by atoms with Gasteiger partial charge in [-0.05, 0) is 0 Å². The summed E-state index contributed by atoms with van der Waals surface area (Å²) in [5.74, 6) is -0.529. The van der Waals surface area contributed by atoms with Crippen molar-refractivity contribution in [1.29, 1.82) is 0 Å². The summed E-state index contributed by atoms with van der Waals surface area (Å²) in [6.07, 6.45) is 0.677. The van der Waals surface area contributed by atoms with E-state index in [9.17, 15) is 9.59 Å². The van der Waals surface area contributed by atoms with Crippen LogP contribution in [0.5, 0.6) is 0 Å². The van der Waals surface area contributed by atoms with Crippen LogP contribution in [0.1, 0.15) is 0 Å². The number of carbonyl (C=O) groups excluding carboxylic acids is 2. The third kappa shape index (κ3) is 1.96. The highest BCUT2D eigenvalue weighted by Gasteiger charge is 2.20. The summed E-state index contributed by atoms with van der Waals surface area (Å²) >= 11 is 0. The first kappa shape index (κ1) is 7.59. The smallest absolute Gasteiger partial charge is 0.438 e. The molecule has 1 aliphatic heterocycles. The molecular weight excluding hydrogens is 152 g/mol. The van der Waals surface area contributed by atoms with Crippen LogP contribution >= 0.6 is 0 Å². The molecule has 11 heavy (non-hydrogen) atoms. The maximum absolute atomic E-state index is 10.4. The molecule has 0 aliphatic carbocycles. The van der Waals surface area contributed by atoms with Gasteiger partial charge in [0.2, 0.25) is 0 Å². The number of hydrogen-bond donors (Lipinski definition) is 0. The van der Waals surface area contributed by atoms with E-state index in [-0.39, 0.29) is 0 Å². The zero-order valence-electron chi connectivity index (χ0n) is 5.77. The molecule has 0 spiro atoms. The van der Waals surface area contributed by atoms with Gasteiger partial charge in [-0.25, -0.2) is 9.59 Å². The monoisotopic (exact) mass is 158 g/mol. The second-order valence-corrected chi connectivity index (χ2v) is 1.74. The molecule has 1 heterocycles. The predicted molar refractivity (Wildman–Crippen MR) is 32.5 cm³/mol. The van der Waals surface area contributed by atoms with Crippen LogP contribution in [-0.4, -0.2) is 25.5 Å². The topological polar surface area (TPSA) is 61.8 Å². The fourth-order valence-electron chi connectivity index (χ4n) is 0.556. The van der Waals surface area contributed by atoms with Gasteiger partial charge in [-0.1, -0.05) is 0 Å². The van der Waals surface area contributed by atoms with Crippen LogP contribution in [0.3, 0.4) is 0 Å². The van der Waals surface area contributed by atoms with Gasteiger partial charge in [0, 0.05) is 12.2 Å². The first-order chi connectivity index (χ1) is 5.22. The SMILES string of the molecule is COC(=O)OC1C=CC(=O)O1. The van der Waals surface area contributed by atoms with Crippen molar-refractivity contribution < 1.29 is 23.8 Å². The molecule has 0 saturated carbocycles. The minimum atomic E-state index is -0.935. The highest BCUT2D eigenvalue weighted by Crippen LogP contribution is 2.06. The van der Waals surface area contributed by atoms with E-state index in [2.05, 4.69) is 14.2 Å². The lowest BCUT2D eigenvalue weighted by Gasteiger charge is -2.07. The molecule has 1 aliphatic rings. The van der Waals surface area contributed by atoms with Crippen molar-refractivity contribution in [2.24, 2.45) is 0 Å². The Hall–Kier alpha value is -1.52. The Labute approximate surface area is 62.5 Å². The molecule has 1 rings (SSSR count). The molecule has 1 unspecified atom stereocenters. The van der Waals surface area contributed by atoms with E-state index in [1.54, 1.807) is 0 Å². The lowest BCUT2D eigenvalue weighted by molar-refractivity contribution is -0.152. The molecule has 0 bridgehead atoms. The highest BCUT2D eigenvalue weighted by molar-refractivity contribution is 5.84. The molecule has 0 aromatic heterocycles. The zero-order chi connectivity index (χ0) is 8.27. The van der Waals surface area contributed by atoms with Crippen LogP contribution in [0.15, 0.2) is 12.2 Å². The Morgan fingerprint density at radius 1 is 1.73 bits per heavy atom. The van der Waals surface area contributed by atoms with Crippen LogP contribution in [-0.2, 0) is 19.0 Å². The Balaban J connectivity index is 2.35. The second-order valence-electron chi connectivity index (χ2n) is 1.74. The van der Waals surface area contributed by atoms with Crippen LogP contribution < -0.4 is 0 Å². The van der Waals surface area contributed by atoms with Gasteiger partial charge in [0.25, 0.3) is 6.29 Å². The number of cyclic esters (lactones) is 1. The van der Waals surface area contributed by atoms with Crippen molar-refractivity contribution in [1.82, 2.24) is 0 Å². The van der Waals surface area contributed by atoms with Crippen molar-refractivity contribution >= 4 is 12.1 Å². The average molecular weight is 158 g/mol. The fourth-order valence-corrected chi connectivity index (χ4v) is 0.556. The molecule has 0 fully saturated rings. The van der Waals surface area contributed by atoms with Gasteiger partial charge in [-0.15, -0.1) is 0 Å². The summed E-state index contributed by atoms with van der Waals surface area (Å²) in [5, 5.41) is 0. The largest absolute Gasteiger partial charge is 0.511 e. The van der Waals surface area contributed by atoms with E-state index in [4.69, 9.17) is 0 Å². The van der Waals surface area contributed by atoms with E-state index in [1.165, 1.54) is 19.3 Å². The summed E-state index contributed by atoms with van der Waals surface area (Å²) in [7, 11) is 1.17. The quantitative estimate of drug-likeness (QED) is 0.510. The van der Waals surface area contributed by atoms with E-state index < -0.39 is 18.4 Å². The third-order valence-corrected chi connectivity index (χ3v) is 1.00. The first-order valence-electron chi connectivity index (χ1n) is 2.86. The summed E-state index contributed by atoms with van der Waals surface area (Å²) in [6, 6.07) is 0. The molecule has 5 nitrogen and oxygen atoms in total. The second kappa shape index (κ2) is 3.05. The van der Waals surface area contributed by atoms with Crippen molar-refractivity contribution in [2.45, 2.75) is 6.29 Å². The first-order valence-corrected chi connectivity index (χ1v) is 2.86. The van der Waals surface area contributed by atoms with Crippen molar-refractivity contribution in [2.75, 3.05) is 7.11 Å². The average Bonchev–Trinajstić information content (AvgIpc) is 2.35. The maximum atomic E-state index is 10.4. The van der Waals surface area contributed by atoms with Gasteiger partial charge < -0.3 is 14.2 Å². The minimum absolute atomic E-state index is 0.529. The number of ether oxygens (including phenoxy) is 3. The van der Waals surface area contributed by atoms with Crippen LogP contribution in [0.4, 0.5) is 4.79 Å². The number of esters is 1. The maximum Gasteiger partial charge on any atom is 0.511 e. The predicted octanol–water partition coefficient (Wildman–Crippen LogP) is 0.208. The molecule has 5 heteroatoms. The summed E-state index contributed by atoms with van der Waals surface area (Å²) < 4.78 is 13.1. The number of rotatable bonds is 1. The molecule has 0 radical (unpaired) electrons. The lowest BCUT2D eigenvalue weighted by atomic mass is 10.5. The number of hydrogen-bond acceptors (Lipinski definition) is 5.